The van der Waals surface area contributed by atoms with Gasteiger partial charge < -0.3 is 4.57 Å². The lowest BCUT2D eigenvalue weighted by Gasteiger charge is -2.09. The molecule has 7 nitrogen and oxygen atoms in total. The average molecular weight is 323 g/mol. The van der Waals surface area contributed by atoms with Crippen LogP contribution in [0.5, 0.6) is 0 Å². The van der Waals surface area contributed by atoms with Crippen molar-refractivity contribution in [2.24, 2.45) is 14.1 Å². The quantitative estimate of drug-likeness (QED) is 0.849. The number of nitrogens with one attached hydrogen (secondary N) is 1. The van der Waals surface area contributed by atoms with Gasteiger partial charge in [-0.3, -0.25) is 9.36 Å². The third-order valence-electron chi connectivity index (χ3n) is 3.25. The lowest BCUT2D eigenvalue weighted by atomic mass is 10.1. The average Bonchev–Trinajstić information content (AvgIpc) is 2.47. The second-order valence-corrected chi connectivity index (χ2v) is 6.80. The van der Waals surface area contributed by atoms with Gasteiger partial charge in [-0.2, -0.15) is 0 Å². The molecule has 0 radical (unpaired) electrons. The first-order valence-electron chi connectivity index (χ1n) is 6.54. The fourth-order valence-electron chi connectivity index (χ4n) is 2.04. The van der Waals surface area contributed by atoms with E-state index in [1.807, 2.05) is 25.1 Å². The number of benzene rings is 1. The molecule has 0 bridgehead atoms. The molecule has 0 aliphatic carbocycles. The Morgan fingerprint density at radius 3 is 2.50 bits per heavy atom. The Morgan fingerprint density at radius 2 is 1.86 bits per heavy atom. The van der Waals surface area contributed by atoms with Gasteiger partial charge in [0.15, 0.2) is 4.90 Å². The predicted octanol–water partition coefficient (Wildman–Crippen LogP) is -0.129. The van der Waals surface area contributed by atoms with Crippen molar-refractivity contribution >= 4 is 10.0 Å². The smallest absolute Gasteiger partial charge is 0.302 e. The van der Waals surface area contributed by atoms with Crippen molar-refractivity contribution < 1.29 is 8.42 Å². The summed E-state index contributed by atoms with van der Waals surface area (Å²) in [5, 5.41) is 0. The first-order valence-corrected chi connectivity index (χ1v) is 8.02. The molecule has 0 spiro atoms. The zero-order chi connectivity index (χ0) is 16.5. The topological polar surface area (TPSA) is 90.2 Å². The molecule has 1 aromatic carbocycles. The number of hydrogen-bond acceptors (Lipinski definition) is 4. The van der Waals surface area contributed by atoms with Crippen LogP contribution in [0.4, 0.5) is 0 Å². The van der Waals surface area contributed by atoms with Gasteiger partial charge in [0, 0.05) is 26.8 Å². The van der Waals surface area contributed by atoms with Gasteiger partial charge in [-0.15, -0.1) is 0 Å². The highest BCUT2D eigenvalue weighted by Crippen LogP contribution is 2.06. The summed E-state index contributed by atoms with van der Waals surface area (Å²) in [7, 11) is -1.38. The molecule has 0 atom stereocenters. The summed E-state index contributed by atoms with van der Waals surface area (Å²) in [5.41, 5.74) is 0.363. The van der Waals surface area contributed by atoms with Crippen molar-refractivity contribution in [3.63, 3.8) is 0 Å². The molecule has 2 aromatic rings. The molecule has 0 saturated heterocycles. The highest BCUT2D eigenvalue weighted by molar-refractivity contribution is 7.89. The maximum atomic E-state index is 12.3. The van der Waals surface area contributed by atoms with Crippen LogP contribution in [0.15, 0.2) is 44.9 Å². The Balaban J connectivity index is 2.36. The zero-order valence-electron chi connectivity index (χ0n) is 12.5. The van der Waals surface area contributed by atoms with Gasteiger partial charge in [0.1, 0.15) is 0 Å². The molecule has 22 heavy (non-hydrogen) atoms. The standard InChI is InChI=1S/C14H17N3O4S/c1-10-5-4-6-11(7-10)8-15-22(20,21)12-9-16(2)14(19)17(3)13(12)18/h4-7,9,15H,8H2,1-3H3. The van der Waals surface area contributed by atoms with Crippen LogP contribution in [-0.4, -0.2) is 17.6 Å². The molecular weight excluding hydrogens is 306 g/mol. The van der Waals surface area contributed by atoms with Gasteiger partial charge in [0.25, 0.3) is 5.56 Å². The normalized spacial score (nSPS) is 11.6. The first kappa shape index (κ1) is 16.2. The molecule has 2 rings (SSSR count). The van der Waals surface area contributed by atoms with Crippen LogP contribution in [0, 0.1) is 6.92 Å². The molecule has 8 heteroatoms. The monoisotopic (exact) mass is 323 g/mol. The third kappa shape index (κ3) is 3.18. The second-order valence-electron chi connectivity index (χ2n) is 5.06. The minimum absolute atomic E-state index is 0.0655. The fourth-order valence-corrected chi connectivity index (χ4v) is 3.21. The van der Waals surface area contributed by atoms with E-state index in [1.54, 1.807) is 6.07 Å². The molecule has 1 N–H and O–H groups in total. The summed E-state index contributed by atoms with van der Waals surface area (Å²) in [6, 6.07) is 7.36. The van der Waals surface area contributed by atoms with Crippen LogP contribution in [0.25, 0.3) is 0 Å². The predicted molar refractivity (Wildman–Crippen MR) is 82.1 cm³/mol. The van der Waals surface area contributed by atoms with E-state index in [9.17, 15) is 18.0 Å². The van der Waals surface area contributed by atoms with Gasteiger partial charge in [-0.1, -0.05) is 29.8 Å². The van der Waals surface area contributed by atoms with E-state index in [4.69, 9.17) is 0 Å². The van der Waals surface area contributed by atoms with Crippen LogP contribution in [0.1, 0.15) is 11.1 Å². The van der Waals surface area contributed by atoms with Crippen LogP contribution >= 0.6 is 0 Å². The summed E-state index contributed by atoms with van der Waals surface area (Å²) in [6.45, 7) is 1.97. The molecule has 0 fully saturated rings. The first-order chi connectivity index (χ1) is 10.2. The summed E-state index contributed by atoms with van der Waals surface area (Å²) in [5.74, 6) is 0. The number of nitrogens with zero attached hydrogens (tertiary/aromatic N) is 2. The number of rotatable bonds is 4. The Kier molecular flexibility index (Phi) is 4.34. The highest BCUT2D eigenvalue weighted by Gasteiger charge is 2.21. The van der Waals surface area contributed by atoms with Crippen molar-refractivity contribution in [2.75, 3.05) is 0 Å². The third-order valence-corrected chi connectivity index (χ3v) is 4.64. The van der Waals surface area contributed by atoms with Gasteiger partial charge in [-0.05, 0) is 12.5 Å². The van der Waals surface area contributed by atoms with E-state index in [-0.39, 0.29) is 6.54 Å². The maximum Gasteiger partial charge on any atom is 0.330 e. The van der Waals surface area contributed by atoms with Gasteiger partial charge >= 0.3 is 5.69 Å². The number of sulfonamides is 1. The van der Waals surface area contributed by atoms with E-state index >= 15 is 0 Å². The number of aryl methyl sites for hydroxylation is 2. The van der Waals surface area contributed by atoms with E-state index in [0.717, 1.165) is 26.5 Å². The molecule has 0 unspecified atom stereocenters. The molecule has 0 saturated carbocycles. The summed E-state index contributed by atoms with van der Waals surface area (Å²) in [6.07, 6.45) is 1.03. The van der Waals surface area contributed by atoms with Crippen molar-refractivity contribution in [2.45, 2.75) is 18.4 Å². The Bertz CT molecular complexity index is 926. The number of aromatic nitrogens is 2. The maximum absolute atomic E-state index is 12.3. The van der Waals surface area contributed by atoms with Crippen molar-refractivity contribution in [3.05, 3.63) is 62.4 Å². The minimum atomic E-state index is -4.01. The molecule has 0 aliphatic heterocycles. The van der Waals surface area contributed by atoms with Crippen LogP contribution < -0.4 is 16.0 Å². The van der Waals surface area contributed by atoms with Crippen molar-refractivity contribution in [1.82, 2.24) is 13.9 Å². The molecule has 1 heterocycles. The fraction of sp³-hybridized carbons (Fsp3) is 0.286. The molecule has 0 aliphatic rings. The van der Waals surface area contributed by atoms with E-state index in [0.29, 0.717) is 0 Å². The van der Waals surface area contributed by atoms with Gasteiger partial charge in [-0.25, -0.2) is 17.9 Å². The van der Waals surface area contributed by atoms with Crippen LogP contribution in [0.2, 0.25) is 0 Å². The molecule has 118 valence electrons. The van der Waals surface area contributed by atoms with Crippen molar-refractivity contribution in [1.29, 1.82) is 0 Å². The Hall–Kier alpha value is -2.19. The van der Waals surface area contributed by atoms with Crippen molar-refractivity contribution in [3.8, 4) is 0 Å². The molecule has 1 aromatic heterocycles. The minimum Gasteiger partial charge on any atom is -0.302 e. The van der Waals surface area contributed by atoms with Crippen LogP contribution in [0.3, 0.4) is 0 Å². The SMILES string of the molecule is Cc1cccc(CNS(=O)(=O)c2cn(C)c(=O)n(C)c2=O)c1. The van der Waals surface area contributed by atoms with E-state index < -0.39 is 26.2 Å². The lowest BCUT2D eigenvalue weighted by molar-refractivity contribution is 0.570. The van der Waals surface area contributed by atoms with Gasteiger partial charge in [0.05, 0.1) is 0 Å². The van der Waals surface area contributed by atoms with E-state index in [2.05, 4.69) is 4.72 Å². The summed E-state index contributed by atoms with van der Waals surface area (Å²) >= 11 is 0. The van der Waals surface area contributed by atoms with E-state index in [1.165, 1.54) is 14.1 Å². The zero-order valence-corrected chi connectivity index (χ0v) is 13.3. The van der Waals surface area contributed by atoms with Gasteiger partial charge in [0.2, 0.25) is 10.0 Å². The molecule has 0 amide bonds. The number of hydrogen-bond donors (Lipinski definition) is 1. The summed E-state index contributed by atoms with van der Waals surface area (Å²) < 4.78 is 28.8. The Morgan fingerprint density at radius 1 is 1.18 bits per heavy atom. The highest BCUT2D eigenvalue weighted by atomic mass is 32.2. The summed E-state index contributed by atoms with van der Waals surface area (Å²) in [4.78, 5) is 23.1. The second kappa shape index (κ2) is 5.90. The van der Waals surface area contributed by atoms with Crippen LogP contribution in [-0.2, 0) is 30.7 Å². The molecular formula is C14H17N3O4S. The largest absolute Gasteiger partial charge is 0.330 e. The Labute approximate surface area is 127 Å². The lowest BCUT2D eigenvalue weighted by Crippen LogP contribution is -2.41.